The number of benzene rings is 2. The van der Waals surface area contributed by atoms with E-state index in [9.17, 15) is 14.0 Å². The van der Waals surface area contributed by atoms with Crippen LogP contribution in [0.15, 0.2) is 49.1 Å². The van der Waals surface area contributed by atoms with Gasteiger partial charge in [0.2, 0.25) is 11.8 Å². The standard InChI is InChI=1S/C22H23FN2O2/c1-4-9-25(13-16-5-7-17(23)8-6-16)20(26)12-18-21-15(3)10-14(2)11-19(21)24-22(18)27/h4-8,10-11,18H,1,9,12-13H2,2-3H3,(H,24,27)/t18-/m0/s1. The summed E-state index contributed by atoms with van der Waals surface area (Å²) < 4.78 is 13.1. The van der Waals surface area contributed by atoms with Crippen molar-refractivity contribution in [1.29, 1.82) is 0 Å². The lowest BCUT2D eigenvalue weighted by atomic mass is 9.91. The molecule has 27 heavy (non-hydrogen) atoms. The third-order valence-corrected chi connectivity index (χ3v) is 4.82. The number of carbonyl (C=O) groups is 2. The molecule has 2 aromatic rings. The van der Waals surface area contributed by atoms with Crippen LogP contribution in [0.2, 0.25) is 0 Å². The van der Waals surface area contributed by atoms with E-state index < -0.39 is 5.92 Å². The Morgan fingerprint density at radius 2 is 1.96 bits per heavy atom. The highest BCUT2D eigenvalue weighted by atomic mass is 19.1. The molecule has 4 nitrogen and oxygen atoms in total. The molecule has 0 spiro atoms. The van der Waals surface area contributed by atoms with Crippen LogP contribution in [0.4, 0.5) is 10.1 Å². The Hall–Kier alpha value is -2.95. The number of anilines is 1. The second-order valence-corrected chi connectivity index (χ2v) is 6.98. The highest BCUT2D eigenvalue weighted by Gasteiger charge is 2.34. The molecular weight excluding hydrogens is 343 g/mol. The molecule has 1 N–H and O–H groups in total. The van der Waals surface area contributed by atoms with E-state index in [-0.39, 0.29) is 24.1 Å². The average molecular weight is 366 g/mol. The van der Waals surface area contributed by atoms with E-state index in [1.807, 2.05) is 26.0 Å². The summed E-state index contributed by atoms with van der Waals surface area (Å²) in [7, 11) is 0. The van der Waals surface area contributed by atoms with Crippen molar-refractivity contribution in [3.05, 3.63) is 77.1 Å². The minimum absolute atomic E-state index is 0.0950. The topological polar surface area (TPSA) is 49.4 Å². The van der Waals surface area contributed by atoms with Crippen molar-refractivity contribution in [1.82, 2.24) is 4.90 Å². The summed E-state index contributed by atoms with van der Waals surface area (Å²) in [6.45, 7) is 8.36. The highest BCUT2D eigenvalue weighted by molar-refractivity contribution is 6.05. The van der Waals surface area contributed by atoms with Crippen LogP contribution in [-0.2, 0) is 16.1 Å². The molecule has 2 amide bonds. The van der Waals surface area contributed by atoms with Crippen LogP contribution >= 0.6 is 0 Å². The number of nitrogens with one attached hydrogen (secondary N) is 1. The van der Waals surface area contributed by atoms with Crippen molar-refractivity contribution >= 4 is 17.5 Å². The van der Waals surface area contributed by atoms with Crippen LogP contribution in [0.1, 0.15) is 34.6 Å². The lowest BCUT2D eigenvalue weighted by Gasteiger charge is -2.23. The van der Waals surface area contributed by atoms with Crippen molar-refractivity contribution in [2.45, 2.75) is 32.7 Å². The lowest BCUT2D eigenvalue weighted by molar-refractivity contribution is -0.133. The van der Waals surface area contributed by atoms with Crippen molar-refractivity contribution < 1.29 is 14.0 Å². The predicted molar refractivity (Wildman–Crippen MR) is 104 cm³/mol. The molecule has 5 heteroatoms. The molecule has 0 saturated carbocycles. The molecule has 140 valence electrons. The fraction of sp³-hybridized carbons (Fsp3) is 0.273. The van der Waals surface area contributed by atoms with Gasteiger partial charge < -0.3 is 10.2 Å². The number of nitrogens with zero attached hydrogens (tertiary/aromatic N) is 1. The Labute approximate surface area is 158 Å². The molecule has 0 aromatic heterocycles. The van der Waals surface area contributed by atoms with Crippen molar-refractivity contribution in [3.8, 4) is 0 Å². The first-order chi connectivity index (χ1) is 12.9. The maximum Gasteiger partial charge on any atom is 0.232 e. The van der Waals surface area contributed by atoms with Gasteiger partial charge in [0, 0.05) is 25.2 Å². The Balaban J connectivity index is 1.79. The largest absolute Gasteiger partial charge is 0.335 e. The molecule has 0 aliphatic carbocycles. The van der Waals surface area contributed by atoms with Crippen LogP contribution in [0.3, 0.4) is 0 Å². The van der Waals surface area contributed by atoms with E-state index in [4.69, 9.17) is 0 Å². The third kappa shape index (κ3) is 4.08. The van der Waals surface area contributed by atoms with Crippen LogP contribution < -0.4 is 5.32 Å². The van der Waals surface area contributed by atoms with Gasteiger partial charge in [-0.3, -0.25) is 9.59 Å². The summed E-state index contributed by atoms with van der Waals surface area (Å²) in [5, 5.41) is 2.89. The molecule has 0 radical (unpaired) electrons. The molecule has 1 aliphatic heterocycles. The van der Waals surface area contributed by atoms with E-state index in [1.165, 1.54) is 12.1 Å². The number of hydrogen-bond acceptors (Lipinski definition) is 2. The molecular formula is C22H23FN2O2. The normalized spacial score (nSPS) is 15.2. The summed E-state index contributed by atoms with van der Waals surface area (Å²) in [6, 6.07) is 10.0. The Morgan fingerprint density at radius 3 is 2.63 bits per heavy atom. The van der Waals surface area contributed by atoms with Crippen molar-refractivity contribution in [2.75, 3.05) is 11.9 Å². The summed E-state index contributed by atoms with van der Waals surface area (Å²) in [5.41, 5.74) is 4.61. The zero-order valence-corrected chi connectivity index (χ0v) is 15.6. The maximum atomic E-state index is 13.1. The smallest absolute Gasteiger partial charge is 0.232 e. The fourth-order valence-electron chi connectivity index (χ4n) is 3.61. The van der Waals surface area contributed by atoms with Crippen LogP contribution in [0, 0.1) is 19.7 Å². The molecule has 0 unspecified atom stereocenters. The van der Waals surface area contributed by atoms with Crippen molar-refractivity contribution in [3.63, 3.8) is 0 Å². The number of aryl methyl sites for hydroxylation is 2. The number of halogens is 1. The van der Waals surface area contributed by atoms with Gasteiger partial charge in [-0.1, -0.05) is 24.3 Å². The zero-order chi connectivity index (χ0) is 19.6. The molecule has 1 aliphatic rings. The second-order valence-electron chi connectivity index (χ2n) is 6.98. The van der Waals surface area contributed by atoms with Gasteiger partial charge in [-0.15, -0.1) is 6.58 Å². The molecule has 0 bridgehead atoms. The van der Waals surface area contributed by atoms with E-state index in [0.29, 0.717) is 13.1 Å². The fourth-order valence-corrected chi connectivity index (χ4v) is 3.61. The SMILES string of the molecule is C=CCN(Cc1ccc(F)cc1)C(=O)C[C@@H]1C(=O)Nc2cc(C)cc(C)c21. The minimum atomic E-state index is -0.492. The first kappa shape index (κ1) is 18.8. The van der Waals surface area contributed by atoms with E-state index in [1.54, 1.807) is 23.1 Å². The number of fused-ring (bicyclic) bond motifs is 1. The first-order valence-corrected chi connectivity index (χ1v) is 8.94. The highest BCUT2D eigenvalue weighted by Crippen LogP contribution is 2.38. The van der Waals surface area contributed by atoms with Gasteiger partial charge in [-0.05, 0) is 54.3 Å². The van der Waals surface area contributed by atoms with Gasteiger partial charge in [0.15, 0.2) is 0 Å². The van der Waals surface area contributed by atoms with Crippen LogP contribution in [0.25, 0.3) is 0 Å². The van der Waals surface area contributed by atoms with E-state index in [2.05, 4.69) is 11.9 Å². The second kappa shape index (κ2) is 7.74. The van der Waals surface area contributed by atoms with Gasteiger partial charge in [0.1, 0.15) is 5.82 Å². The minimum Gasteiger partial charge on any atom is -0.335 e. The van der Waals surface area contributed by atoms with Crippen LogP contribution in [-0.4, -0.2) is 23.3 Å². The maximum absolute atomic E-state index is 13.1. The van der Waals surface area contributed by atoms with E-state index >= 15 is 0 Å². The molecule has 1 heterocycles. The predicted octanol–water partition coefficient (Wildman–Crippen LogP) is 4.08. The molecule has 1 atom stereocenters. The monoisotopic (exact) mass is 366 g/mol. The molecule has 0 fully saturated rings. The number of hydrogen-bond donors (Lipinski definition) is 1. The first-order valence-electron chi connectivity index (χ1n) is 8.94. The summed E-state index contributed by atoms with van der Waals surface area (Å²) in [5.74, 6) is -1.08. The Kier molecular flexibility index (Phi) is 5.40. The van der Waals surface area contributed by atoms with Gasteiger partial charge in [-0.2, -0.15) is 0 Å². The molecule has 3 rings (SSSR count). The van der Waals surface area contributed by atoms with Crippen molar-refractivity contribution in [2.24, 2.45) is 0 Å². The summed E-state index contributed by atoms with van der Waals surface area (Å²) in [4.78, 5) is 27.0. The van der Waals surface area contributed by atoms with E-state index in [0.717, 1.165) is 27.9 Å². The third-order valence-electron chi connectivity index (χ3n) is 4.82. The average Bonchev–Trinajstić information content (AvgIpc) is 2.91. The van der Waals surface area contributed by atoms with Gasteiger partial charge in [0.05, 0.1) is 5.92 Å². The number of rotatable bonds is 6. The number of amides is 2. The van der Waals surface area contributed by atoms with Gasteiger partial charge >= 0.3 is 0 Å². The quantitative estimate of drug-likeness (QED) is 0.783. The Bertz CT molecular complexity index is 890. The molecule has 2 aromatic carbocycles. The van der Waals surface area contributed by atoms with Crippen LogP contribution in [0.5, 0.6) is 0 Å². The van der Waals surface area contributed by atoms with Gasteiger partial charge in [0.25, 0.3) is 0 Å². The van der Waals surface area contributed by atoms with Gasteiger partial charge in [-0.25, -0.2) is 4.39 Å². The Morgan fingerprint density at radius 1 is 1.26 bits per heavy atom. The number of carbonyl (C=O) groups excluding carboxylic acids is 2. The summed E-state index contributed by atoms with van der Waals surface area (Å²) in [6.07, 6.45) is 1.75. The molecule has 0 saturated heterocycles. The zero-order valence-electron chi connectivity index (χ0n) is 15.6. The lowest BCUT2D eigenvalue weighted by Crippen LogP contribution is -2.32. The summed E-state index contributed by atoms with van der Waals surface area (Å²) >= 11 is 0.